The van der Waals surface area contributed by atoms with E-state index in [9.17, 15) is 0 Å². The fourth-order valence-electron chi connectivity index (χ4n) is 1.24. The van der Waals surface area contributed by atoms with Crippen LogP contribution in [0.25, 0.3) is 0 Å². The summed E-state index contributed by atoms with van der Waals surface area (Å²) in [6.07, 6.45) is 2.57. The van der Waals surface area contributed by atoms with Gasteiger partial charge in [-0.15, -0.1) is 0 Å². The Morgan fingerprint density at radius 3 is 2.57 bits per heavy atom. The maximum atomic E-state index is 5.74. The first-order valence-corrected chi connectivity index (χ1v) is 5.00. The fourth-order valence-corrected chi connectivity index (χ4v) is 1.39. The smallest absolute Gasteiger partial charge is 0.222 e. The minimum Gasteiger partial charge on any atom is -0.326 e. The molecular weight excluding hydrogens is 198 g/mol. The van der Waals surface area contributed by atoms with Crippen molar-refractivity contribution < 1.29 is 0 Å². The average molecular weight is 214 g/mol. The molecular formula is C10H16ClN3. The topological polar surface area (TPSA) is 51.8 Å². The van der Waals surface area contributed by atoms with Gasteiger partial charge >= 0.3 is 0 Å². The highest BCUT2D eigenvalue weighted by atomic mass is 35.5. The van der Waals surface area contributed by atoms with Crippen LogP contribution in [0, 0.1) is 5.41 Å². The molecule has 0 spiro atoms. The third kappa shape index (κ3) is 3.24. The molecule has 2 N–H and O–H groups in total. The molecule has 0 radical (unpaired) electrons. The second-order valence-corrected chi connectivity index (χ2v) is 4.89. The summed E-state index contributed by atoms with van der Waals surface area (Å²) in [6, 6.07) is 0. The van der Waals surface area contributed by atoms with E-state index in [4.69, 9.17) is 17.3 Å². The number of nitrogens with two attached hydrogens (primary N) is 1. The third-order valence-electron chi connectivity index (χ3n) is 1.84. The fraction of sp³-hybridized carbons (Fsp3) is 0.600. The summed E-state index contributed by atoms with van der Waals surface area (Å²) in [5, 5.41) is 0.293. The van der Waals surface area contributed by atoms with Gasteiger partial charge in [0.2, 0.25) is 5.28 Å². The van der Waals surface area contributed by atoms with E-state index >= 15 is 0 Å². The molecule has 0 bridgehead atoms. The van der Waals surface area contributed by atoms with Crippen LogP contribution in [0.3, 0.4) is 0 Å². The largest absolute Gasteiger partial charge is 0.326 e. The lowest BCUT2D eigenvalue weighted by Gasteiger charge is -2.18. The lowest BCUT2D eigenvalue weighted by Crippen LogP contribution is -2.14. The molecule has 3 nitrogen and oxygen atoms in total. The molecule has 0 saturated carbocycles. The van der Waals surface area contributed by atoms with Gasteiger partial charge in [0.15, 0.2) is 0 Å². The summed E-state index contributed by atoms with van der Waals surface area (Å²) in [6.45, 7) is 6.93. The Morgan fingerprint density at radius 1 is 1.43 bits per heavy atom. The monoisotopic (exact) mass is 213 g/mol. The quantitative estimate of drug-likeness (QED) is 0.767. The maximum Gasteiger partial charge on any atom is 0.222 e. The van der Waals surface area contributed by atoms with E-state index < -0.39 is 0 Å². The summed E-state index contributed by atoms with van der Waals surface area (Å²) in [5.74, 6) is 0. The molecule has 0 atom stereocenters. The molecule has 0 aromatic carbocycles. The van der Waals surface area contributed by atoms with Crippen LogP contribution in [0.1, 0.15) is 32.0 Å². The minimum atomic E-state index is 0.182. The predicted octanol–water partition coefficient (Wildman–Crippen LogP) is 2.18. The van der Waals surface area contributed by atoms with Gasteiger partial charge < -0.3 is 5.73 Å². The first-order valence-electron chi connectivity index (χ1n) is 4.63. The molecule has 0 fully saturated rings. The summed E-state index contributed by atoms with van der Waals surface area (Å²) < 4.78 is 0. The van der Waals surface area contributed by atoms with E-state index in [0.717, 1.165) is 17.7 Å². The van der Waals surface area contributed by atoms with Crippen LogP contribution in [0.15, 0.2) is 6.20 Å². The molecule has 78 valence electrons. The molecule has 0 amide bonds. The highest BCUT2D eigenvalue weighted by Crippen LogP contribution is 2.21. The normalized spacial score (nSPS) is 11.8. The Labute approximate surface area is 89.7 Å². The summed E-state index contributed by atoms with van der Waals surface area (Å²) in [5.41, 5.74) is 7.71. The molecule has 1 rings (SSSR count). The van der Waals surface area contributed by atoms with Gasteiger partial charge in [-0.25, -0.2) is 9.97 Å². The van der Waals surface area contributed by atoms with Crippen molar-refractivity contribution in [2.45, 2.75) is 33.7 Å². The van der Waals surface area contributed by atoms with Crippen LogP contribution in [0.5, 0.6) is 0 Å². The Kier molecular flexibility index (Phi) is 3.45. The van der Waals surface area contributed by atoms with Crippen molar-refractivity contribution in [2.24, 2.45) is 11.1 Å². The highest BCUT2D eigenvalue weighted by molar-refractivity contribution is 6.28. The maximum absolute atomic E-state index is 5.74. The van der Waals surface area contributed by atoms with Crippen molar-refractivity contribution >= 4 is 11.6 Å². The van der Waals surface area contributed by atoms with Crippen molar-refractivity contribution in [3.63, 3.8) is 0 Å². The molecule has 0 unspecified atom stereocenters. The van der Waals surface area contributed by atoms with Crippen molar-refractivity contribution in [3.8, 4) is 0 Å². The zero-order valence-corrected chi connectivity index (χ0v) is 9.60. The van der Waals surface area contributed by atoms with E-state index in [1.165, 1.54) is 0 Å². The Bertz CT molecular complexity index is 318. The van der Waals surface area contributed by atoms with Gasteiger partial charge in [-0.1, -0.05) is 20.8 Å². The number of hydrogen-bond donors (Lipinski definition) is 1. The van der Waals surface area contributed by atoms with Gasteiger partial charge in [-0.3, -0.25) is 0 Å². The van der Waals surface area contributed by atoms with Crippen LogP contribution in [0.4, 0.5) is 0 Å². The molecule has 0 aliphatic carbocycles. The SMILES string of the molecule is CC(C)(C)Cc1nc(Cl)ncc1CN. The number of nitrogens with zero attached hydrogens (tertiary/aromatic N) is 2. The predicted molar refractivity (Wildman–Crippen MR) is 58.1 cm³/mol. The first kappa shape index (κ1) is 11.4. The third-order valence-corrected chi connectivity index (χ3v) is 2.02. The lowest BCUT2D eigenvalue weighted by molar-refractivity contribution is 0.404. The number of rotatable bonds is 2. The summed E-state index contributed by atoms with van der Waals surface area (Å²) in [4.78, 5) is 8.12. The number of hydrogen-bond acceptors (Lipinski definition) is 3. The van der Waals surface area contributed by atoms with E-state index in [0.29, 0.717) is 11.8 Å². The van der Waals surface area contributed by atoms with Gasteiger partial charge in [0, 0.05) is 18.3 Å². The van der Waals surface area contributed by atoms with Gasteiger partial charge in [-0.05, 0) is 23.4 Å². The molecule has 0 aliphatic rings. The van der Waals surface area contributed by atoms with E-state index in [1.54, 1.807) is 6.20 Å². The van der Waals surface area contributed by atoms with Crippen LogP contribution in [-0.2, 0) is 13.0 Å². The van der Waals surface area contributed by atoms with Crippen LogP contribution in [0.2, 0.25) is 5.28 Å². The van der Waals surface area contributed by atoms with Gasteiger partial charge in [-0.2, -0.15) is 0 Å². The number of aromatic nitrogens is 2. The van der Waals surface area contributed by atoms with E-state index in [1.807, 2.05) is 0 Å². The van der Waals surface area contributed by atoms with Crippen molar-refractivity contribution in [3.05, 3.63) is 22.7 Å². The van der Waals surface area contributed by atoms with Crippen molar-refractivity contribution in [2.75, 3.05) is 0 Å². The zero-order chi connectivity index (χ0) is 10.8. The Hall–Kier alpha value is -0.670. The second-order valence-electron chi connectivity index (χ2n) is 4.55. The van der Waals surface area contributed by atoms with Crippen LogP contribution < -0.4 is 5.73 Å². The highest BCUT2D eigenvalue weighted by Gasteiger charge is 2.15. The summed E-state index contributed by atoms with van der Waals surface area (Å²) >= 11 is 5.74. The molecule has 1 aromatic rings. The lowest BCUT2D eigenvalue weighted by atomic mass is 9.89. The molecule has 4 heteroatoms. The molecule has 1 heterocycles. The van der Waals surface area contributed by atoms with Crippen LogP contribution >= 0.6 is 11.6 Å². The zero-order valence-electron chi connectivity index (χ0n) is 8.84. The molecule has 14 heavy (non-hydrogen) atoms. The summed E-state index contributed by atoms with van der Waals surface area (Å²) in [7, 11) is 0. The van der Waals surface area contributed by atoms with Crippen LogP contribution in [-0.4, -0.2) is 9.97 Å². The van der Waals surface area contributed by atoms with E-state index in [2.05, 4.69) is 30.7 Å². The molecule has 0 aliphatic heterocycles. The molecule has 0 saturated heterocycles. The minimum absolute atomic E-state index is 0.182. The standard InChI is InChI=1S/C10H16ClN3/c1-10(2,3)4-8-7(5-12)6-13-9(11)14-8/h6H,4-5,12H2,1-3H3. The number of halogens is 1. The van der Waals surface area contributed by atoms with Crippen molar-refractivity contribution in [1.29, 1.82) is 0 Å². The second kappa shape index (κ2) is 4.24. The van der Waals surface area contributed by atoms with Crippen molar-refractivity contribution in [1.82, 2.24) is 9.97 Å². The Balaban J connectivity index is 2.99. The van der Waals surface area contributed by atoms with E-state index in [-0.39, 0.29) is 5.41 Å². The Morgan fingerprint density at radius 2 is 2.07 bits per heavy atom. The van der Waals surface area contributed by atoms with Gasteiger partial charge in [0.05, 0.1) is 5.69 Å². The molecule has 1 aromatic heterocycles. The van der Waals surface area contributed by atoms with Gasteiger partial charge in [0.25, 0.3) is 0 Å². The average Bonchev–Trinajstić information content (AvgIpc) is 2.01. The first-order chi connectivity index (χ1) is 6.42. The van der Waals surface area contributed by atoms with Gasteiger partial charge in [0.1, 0.15) is 0 Å².